The molecule has 0 radical (unpaired) electrons. The number of pyridine rings is 1. The van der Waals surface area contributed by atoms with Gasteiger partial charge in [0.2, 0.25) is 5.88 Å². The molecule has 20 heavy (non-hydrogen) atoms. The van der Waals surface area contributed by atoms with E-state index in [0.717, 1.165) is 6.42 Å². The Balaban J connectivity index is 2.02. The maximum Gasteiger partial charge on any atom is 0.219 e. The molecule has 3 heterocycles. The summed E-state index contributed by atoms with van der Waals surface area (Å²) < 4.78 is 29.8. The van der Waals surface area contributed by atoms with Crippen LogP contribution in [0.3, 0.4) is 0 Å². The molecule has 2 bridgehead atoms. The van der Waals surface area contributed by atoms with E-state index in [1.165, 1.54) is 7.11 Å². The summed E-state index contributed by atoms with van der Waals surface area (Å²) in [5, 5.41) is 10.1. The summed E-state index contributed by atoms with van der Waals surface area (Å²) in [7, 11) is -1.58. The van der Waals surface area contributed by atoms with Crippen LogP contribution in [0.4, 0.5) is 0 Å². The number of fused-ring (bicyclic) bond motifs is 2. The van der Waals surface area contributed by atoms with E-state index in [1.807, 2.05) is 0 Å². The Morgan fingerprint density at radius 1 is 1.35 bits per heavy atom. The molecule has 2 unspecified atom stereocenters. The highest BCUT2D eigenvalue weighted by Crippen LogP contribution is 2.47. The van der Waals surface area contributed by atoms with E-state index >= 15 is 0 Å². The van der Waals surface area contributed by atoms with Crippen LogP contribution < -0.4 is 4.74 Å². The van der Waals surface area contributed by atoms with Crippen LogP contribution in [0.25, 0.3) is 0 Å². The molecule has 2 fully saturated rings. The zero-order valence-electron chi connectivity index (χ0n) is 11.4. The normalized spacial score (nSPS) is 35.5. The number of ether oxygens (including phenoxy) is 1. The molecule has 0 spiro atoms. The molecule has 110 valence electrons. The largest absolute Gasteiger partial charge is 0.481 e. The van der Waals surface area contributed by atoms with Crippen molar-refractivity contribution < 1.29 is 18.3 Å². The summed E-state index contributed by atoms with van der Waals surface area (Å²) in [6.07, 6.45) is 4.30. The third-order valence-corrected chi connectivity index (χ3v) is 7.24. The van der Waals surface area contributed by atoms with Gasteiger partial charge in [-0.25, -0.2) is 13.4 Å². The second-order valence-electron chi connectivity index (χ2n) is 5.76. The van der Waals surface area contributed by atoms with Crippen molar-refractivity contribution in [2.75, 3.05) is 7.11 Å². The van der Waals surface area contributed by atoms with Crippen molar-refractivity contribution in [2.24, 2.45) is 0 Å². The third-order valence-electron chi connectivity index (χ3n) is 4.58. The molecule has 0 saturated carbocycles. The van der Waals surface area contributed by atoms with Gasteiger partial charge in [-0.05, 0) is 37.8 Å². The number of aliphatic hydroxyl groups is 1. The van der Waals surface area contributed by atoms with Crippen molar-refractivity contribution in [3.8, 4) is 5.88 Å². The minimum Gasteiger partial charge on any atom is -0.481 e. The van der Waals surface area contributed by atoms with Gasteiger partial charge >= 0.3 is 0 Å². The van der Waals surface area contributed by atoms with Crippen LogP contribution >= 0.6 is 0 Å². The van der Waals surface area contributed by atoms with Crippen molar-refractivity contribution in [3.63, 3.8) is 0 Å². The topological polar surface area (TPSA) is 76.5 Å². The van der Waals surface area contributed by atoms with E-state index in [-0.39, 0.29) is 12.8 Å². The Morgan fingerprint density at radius 2 is 2.00 bits per heavy atom. The number of methoxy groups -OCH3 is 1. The summed E-state index contributed by atoms with van der Waals surface area (Å²) in [5.41, 5.74) is -0.546. The number of hydrogen-bond acceptors (Lipinski definition) is 5. The molecule has 2 atom stereocenters. The highest BCUT2D eigenvalue weighted by molar-refractivity contribution is 7.92. The molecular formula is C14H19NO4S. The smallest absolute Gasteiger partial charge is 0.219 e. The zero-order chi connectivity index (χ0) is 14.4. The van der Waals surface area contributed by atoms with Gasteiger partial charge in [0, 0.05) is 11.8 Å². The SMILES string of the molecule is COc1ncccc1C1(O)CC2CCCC(C1)S2(=O)=O. The molecule has 5 nitrogen and oxygen atoms in total. The van der Waals surface area contributed by atoms with Crippen molar-refractivity contribution in [2.45, 2.75) is 48.2 Å². The lowest BCUT2D eigenvalue weighted by Gasteiger charge is -2.44. The molecular weight excluding hydrogens is 278 g/mol. The maximum atomic E-state index is 12.3. The number of rotatable bonds is 2. The van der Waals surface area contributed by atoms with Crippen molar-refractivity contribution >= 4 is 9.84 Å². The summed E-state index contributed by atoms with van der Waals surface area (Å²) in [6, 6.07) is 3.52. The van der Waals surface area contributed by atoms with Crippen LogP contribution in [-0.2, 0) is 15.4 Å². The first-order chi connectivity index (χ1) is 9.47. The second-order valence-corrected chi connectivity index (χ2v) is 8.28. The minimum absolute atomic E-state index is 0.244. The molecule has 6 heteroatoms. The van der Waals surface area contributed by atoms with Gasteiger partial charge in [0.05, 0.1) is 23.2 Å². The molecule has 0 aromatic carbocycles. The number of sulfone groups is 1. The van der Waals surface area contributed by atoms with Crippen molar-refractivity contribution in [1.29, 1.82) is 0 Å². The molecule has 0 aliphatic carbocycles. The van der Waals surface area contributed by atoms with Gasteiger partial charge in [0.1, 0.15) is 0 Å². The predicted molar refractivity (Wildman–Crippen MR) is 74.3 cm³/mol. The Morgan fingerprint density at radius 3 is 2.60 bits per heavy atom. The van der Waals surface area contributed by atoms with Crippen LogP contribution in [0.15, 0.2) is 18.3 Å². The van der Waals surface area contributed by atoms with Gasteiger partial charge in [0.15, 0.2) is 9.84 Å². The van der Waals surface area contributed by atoms with Gasteiger partial charge in [-0.3, -0.25) is 0 Å². The van der Waals surface area contributed by atoms with Gasteiger partial charge < -0.3 is 9.84 Å². The van der Waals surface area contributed by atoms with E-state index in [0.29, 0.717) is 24.3 Å². The summed E-state index contributed by atoms with van der Waals surface area (Å²) in [4.78, 5) is 4.12. The van der Waals surface area contributed by atoms with Crippen molar-refractivity contribution in [3.05, 3.63) is 23.9 Å². The average Bonchev–Trinajstić information content (AvgIpc) is 2.41. The quantitative estimate of drug-likeness (QED) is 0.893. The van der Waals surface area contributed by atoms with Crippen LogP contribution in [0, 0.1) is 0 Å². The van der Waals surface area contributed by atoms with Crippen LogP contribution in [-0.4, -0.2) is 36.1 Å². The first-order valence-electron chi connectivity index (χ1n) is 6.92. The van der Waals surface area contributed by atoms with Gasteiger partial charge in [-0.2, -0.15) is 0 Å². The number of aromatic nitrogens is 1. The highest BCUT2D eigenvalue weighted by atomic mass is 32.2. The van der Waals surface area contributed by atoms with Crippen LogP contribution in [0.5, 0.6) is 5.88 Å². The monoisotopic (exact) mass is 297 g/mol. The van der Waals surface area contributed by atoms with Crippen LogP contribution in [0.2, 0.25) is 0 Å². The summed E-state index contributed by atoms with van der Waals surface area (Å²) in [5.74, 6) is 0.382. The lowest BCUT2D eigenvalue weighted by Crippen LogP contribution is -2.50. The fraction of sp³-hybridized carbons (Fsp3) is 0.643. The Labute approximate surface area is 118 Å². The standard InChI is InChI=1S/C14H19NO4S/c1-19-13-12(6-3-7-15-13)14(16)8-10-4-2-5-11(9-14)20(10,17)18/h3,6-7,10-11,16H,2,4-5,8-9H2,1H3. The van der Waals surface area contributed by atoms with Gasteiger partial charge in [-0.15, -0.1) is 0 Å². The predicted octanol–water partition coefficient (Wildman–Crippen LogP) is 1.41. The number of hydrogen-bond donors (Lipinski definition) is 1. The van der Waals surface area contributed by atoms with E-state index in [1.54, 1.807) is 18.3 Å². The fourth-order valence-electron chi connectivity index (χ4n) is 3.57. The molecule has 2 aliphatic rings. The average molecular weight is 297 g/mol. The van der Waals surface area contributed by atoms with E-state index in [9.17, 15) is 13.5 Å². The first-order valence-corrected chi connectivity index (χ1v) is 8.53. The second kappa shape index (κ2) is 4.70. The van der Waals surface area contributed by atoms with E-state index < -0.39 is 25.9 Å². The zero-order valence-corrected chi connectivity index (χ0v) is 12.3. The molecule has 1 aromatic rings. The highest BCUT2D eigenvalue weighted by Gasteiger charge is 2.51. The molecule has 0 amide bonds. The minimum atomic E-state index is -3.09. The Hall–Kier alpha value is -1.14. The van der Waals surface area contributed by atoms with Crippen molar-refractivity contribution in [1.82, 2.24) is 4.98 Å². The molecule has 1 N–H and O–H groups in total. The van der Waals surface area contributed by atoms with E-state index in [2.05, 4.69) is 4.98 Å². The Bertz CT molecular complexity index is 593. The molecule has 2 aliphatic heterocycles. The maximum absolute atomic E-state index is 12.3. The molecule has 2 saturated heterocycles. The summed E-state index contributed by atoms with van der Waals surface area (Å²) in [6.45, 7) is 0. The fourth-order valence-corrected chi connectivity index (χ4v) is 6.13. The lowest BCUT2D eigenvalue weighted by molar-refractivity contribution is 0.00250. The van der Waals surface area contributed by atoms with E-state index in [4.69, 9.17) is 4.74 Å². The molecule has 1 aromatic heterocycles. The van der Waals surface area contributed by atoms with Gasteiger partial charge in [0.25, 0.3) is 0 Å². The Kier molecular flexibility index (Phi) is 3.25. The third kappa shape index (κ3) is 2.02. The lowest BCUT2D eigenvalue weighted by atomic mass is 9.81. The summed E-state index contributed by atoms with van der Waals surface area (Å²) >= 11 is 0. The molecule has 3 rings (SSSR count). The first kappa shape index (κ1) is 13.8. The van der Waals surface area contributed by atoms with Gasteiger partial charge in [-0.1, -0.05) is 6.42 Å². The van der Waals surface area contributed by atoms with Crippen LogP contribution in [0.1, 0.15) is 37.7 Å². The number of nitrogens with zero attached hydrogens (tertiary/aromatic N) is 1.